The second-order valence-electron chi connectivity index (χ2n) is 7.22. The molecule has 0 saturated carbocycles. The van der Waals surface area contributed by atoms with Gasteiger partial charge in [0.15, 0.2) is 0 Å². The molecule has 0 radical (unpaired) electrons. The lowest BCUT2D eigenvalue weighted by Crippen LogP contribution is -2.41. The average molecular weight is 369 g/mol. The molecule has 0 bridgehead atoms. The van der Waals surface area contributed by atoms with Crippen LogP contribution in [0, 0.1) is 6.92 Å². The van der Waals surface area contributed by atoms with Crippen LogP contribution < -0.4 is 0 Å². The van der Waals surface area contributed by atoms with Crippen molar-refractivity contribution in [3.05, 3.63) is 29.8 Å². The molecule has 1 aliphatic rings. The molecule has 0 amide bonds. The molecule has 1 saturated heterocycles. The van der Waals surface area contributed by atoms with Crippen molar-refractivity contribution in [3.63, 3.8) is 0 Å². The number of piperidine rings is 1. The van der Waals surface area contributed by atoms with Crippen molar-refractivity contribution in [2.24, 2.45) is 0 Å². The van der Waals surface area contributed by atoms with Crippen molar-refractivity contribution in [2.45, 2.75) is 50.0 Å². The van der Waals surface area contributed by atoms with Gasteiger partial charge in [-0.2, -0.15) is 8.42 Å². The third kappa shape index (κ3) is 6.70. The van der Waals surface area contributed by atoms with E-state index in [9.17, 15) is 8.42 Å². The van der Waals surface area contributed by atoms with Gasteiger partial charge >= 0.3 is 0 Å². The van der Waals surface area contributed by atoms with Crippen molar-refractivity contribution in [3.8, 4) is 0 Å². The first-order valence-electron chi connectivity index (χ1n) is 9.23. The topological polar surface area (TPSA) is 49.9 Å². The van der Waals surface area contributed by atoms with Gasteiger partial charge in [0.2, 0.25) is 0 Å². The number of benzene rings is 1. The van der Waals surface area contributed by atoms with Gasteiger partial charge < -0.3 is 9.80 Å². The molecule has 1 heterocycles. The normalized spacial score (nSPS) is 19.4. The number of hydrogen-bond acceptors (Lipinski definition) is 5. The molecule has 1 atom stereocenters. The zero-order valence-electron chi connectivity index (χ0n) is 15.8. The SMILES string of the molecule is Cc1ccc(S(=O)(=O)OCCC2CCCCN2CCCN(C)C)cc1. The fraction of sp³-hybridized carbons (Fsp3) is 0.684. The van der Waals surface area contributed by atoms with Crippen LogP contribution in [0.4, 0.5) is 0 Å². The molecule has 1 aromatic carbocycles. The lowest BCUT2D eigenvalue weighted by Gasteiger charge is -2.36. The number of likely N-dealkylation sites (tertiary alicyclic amines) is 1. The van der Waals surface area contributed by atoms with Crippen LogP contribution in [0.2, 0.25) is 0 Å². The summed E-state index contributed by atoms with van der Waals surface area (Å²) in [7, 11) is 0.541. The van der Waals surface area contributed by atoms with Gasteiger partial charge in [-0.25, -0.2) is 0 Å². The second-order valence-corrected chi connectivity index (χ2v) is 8.84. The lowest BCUT2D eigenvalue weighted by atomic mass is 9.99. The van der Waals surface area contributed by atoms with E-state index >= 15 is 0 Å². The minimum Gasteiger partial charge on any atom is -0.309 e. The Bertz CT molecular complexity index is 614. The largest absolute Gasteiger partial charge is 0.309 e. The zero-order valence-corrected chi connectivity index (χ0v) is 16.6. The predicted molar refractivity (Wildman–Crippen MR) is 101 cm³/mol. The standard InChI is InChI=1S/C19H32N2O3S/c1-17-8-10-19(11-9-17)25(22,23)24-16-12-18-7-4-5-14-21(18)15-6-13-20(2)3/h8-11,18H,4-7,12-16H2,1-3H3. The highest BCUT2D eigenvalue weighted by Crippen LogP contribution is 2.21. The predicted octanol–water partition coefficient (Wildman–Crippen LogP) is 2.90. The summed E-state index contributed by atoms with van der Waals surface area (Å²) in [5, 5.41) is 0. The Balaban J connectivity index is 1.82. The zero-order chi connectivity index (χ0) is 18.3. The summed E-state index contributed by atoms with van der Waals surface area (Å²) in [5.74, 6) is 0. The monoisotopic (exact) mass is 368 g/mol. The first kappa shape index (κ1) is 20.4. The molecule has 5 nitrogen and oxygen atoms in total. The van der Waals surface area contributed by atoms with E-state index < -0.39 is 10.1 Å². The van der Waals surface area contributed by atoms with E-state index in [1.165, 1.54) is 12.8 Å². The van der Waals surface area contributed by atoms with Crippen molar-refractivity contribution < 1.29 is 12.6 Å². The van der Waals surface area contributed by atoms with E-state index in [2.05, 4.69) is 23.9 Å². The molecule has 25 heavy (non-hydrogen) atoms. The van der Waals surface area contributed by atoms with Crippen LogP contribution in [0.5, 0.6) is 0 Å². The van der Waals surface area contributed by atoms with Crippen LogP contribution in [0.25, 0.3) is 0 Å². The molecule has 0 aromatic heterocycles. The van der Waals surface area contributed by atoms with E-state index in [0.717, 1.165) is 44.5 Å². The molecule has 1 aliphatic heterocycles. The average Bonchev–Trinajstić information content (AvgIpc) is 2.56. The molecule has 142 valence electrons. The van der Waals surface area contributed by atoms with E-state index in [1.807, 2.05) is 6.92 Å². The van der Waals surface area contributed by atoms with E-state index in [4.69, 9.17) is 4.18 Å². The van der Waals surface area contributed by atoms with Gasteiger partial charge in [0, 0.05) is 6.04 Å². The Morgan fingerprint density at radius 1 is 1.20 bits per heavy atom. The molecule has 0 N–H and O–H groups in total. The van der Waals surface area contributed by atoms with Crippen molar-refractivity contribution in [1.82, 2.24) is 9.80 Å². The van der Waals surface area contributed by atoms with Crippen LogP contribution in [-0.2, 0) is 14.3 Å². The van der Waals surface area contributed by atoms with Gasteiger partial charge in [0.1, 0.15) is 0 Å². The summed E-state index contributed by atoms with van der Waals surface area (Å²) >= 11 is 0. The van der Waals surface area contributed by atoms with Crippen molar-refractivity contribution in [1.29, 1.82) is 0 Å². The molecule has 1 fully saturated rings. The van der Waals surface area contributed by atoms with Gasteiger partial charge in [-0.1, -0.05) is 24.1 Å². The number of nitrogens with zero attached hydrogens (tertiary/aromatic N) is 2. The second kappa shape index (κ2) is 9.67. The summed E-state index contributed by atoms with van der Waals surface area (Å²) < 4.78 is 29.8. The summed E-state index contributed by atoms with van der Waals surface area (Å²) in [4.78, 5) is 4.95. The summed E-state index contributed by atoms with van der Waals surface area (Å²) in [6.45, 7) is 5.47. The molecule has 0 spiro atoms. The van der Waals surface area contributed by atoms with Crippen LogP contribution in [-0.4, -0.2) is 64.6 Å². The molecular formula is C19H32N2O3S. The third-order valence-corrected chi connectivity index (χ3v) is 6.13. The van der Waals surface area contributed by atoms with E-state index in [-0.39, 0.29) is 11.5 Å². The Morgan fingerprint density at radius 2 is 1.92 bits per heavy atom. The van der Waals surface area contributed by atoms with Gasteiger partial charge in [-0.15, -0.1) is 0 Å². The molecule has 1 unspecified atom stereocenters. The van der Waals surface area contributed by atoms with Gasteiger partial charge in [-0.3, -0.25) is 4.18 Å². The summed E-state index contributed by atoms with van der Waals surface area (Å²) in [6, 6.07) is 7.25. The lowest BCUT2D eigenvalue weighted by molar-refractivity contribution is 0.120. The van der Waals surface area contributed by atoms with Gasteiger partial charge in [-0.05, 0) is 78.5 Å². The van der Waals surface area contributed by atoms with Crippen LogP contribution >= 0.6 is 0 Å². The van der Waals surface area contributed by atoms with Crippen LogP contribution in [0.15, 0.2) is 29.2 Å². The number of rotatable bonds is 9. The Kier molecular flexibility index (Phi) is 7.87. The first-order chi connectivity index (χ1) is 11.9. The minimum atomic E-state index is -3.65. The maximum atomic E-state index is 12.3. The molecule has 2 rings (SSSR count). The van der Waals surface area contributed by atoms with Gasteiger partial charge in [0.25, 0.3) is 10.1 Å². The smallest absolute Gasteiger partial charge is 0.296 e. The molecular weight excluding hydrogens is 336 g/mol. The third-order valence-electron chi connectivity index (χ3n) is 4.80. The highest BCUT2D eigenvalue weighted by Gasteiger charge is 2.23. The highest BCUT2D eigenvalue weighted by molar-refractivity contribution is 7.86. The number of aryl methyl sites for hydroxylation is 1. The van der Waals surface area contributed by atoms with Gasteiger partial charge in [0.05, 0.1) is 11.5 Å². The fourth-order valence-corrected chi connectivity index (χ4v) is 4.26. The maximum Gasteiger partial charge on any atom is 0.296 e. The van der Waals surface area contributed by atoms with Crippen molar-refractivity contribution >= 4 is 10.1 Å². The quantitative estimate of drug-likeness (QED) is 0.627. The maximum absolute atomic E-state index is 12.3. The van der Waals surface area contributed by atoms with E-state index in [1.54, 1.807) is 24.3 Å². The van der Waals surface area contributed by atoms with Crippen LogP contribution in [0.3, 0.4) is 0 Å². The Morgan fingerprint density at radius 3 is 2.60 bits per heavy atom. The van der Waals surface area contributed by atoms with E-state index in [0.29, 0.717) is 6.04 Å². The van der Waals surface area contributed by atoms with Crippen molar-refractivity contribution in [2.75, 3.05) is 40.3 Å². The molecule has 6 heteroatoms. The van der Waals surface area contributed by atoms with Crippen LogP contribution in [0.1, 0.15) is 37.7 Å². The molecule has 0 aliphatic carbocycles. The molecule has 1 aromatic rings. The Hall–Kier alpha value is -0.950. The first-order valence-corrected chi connectivity index (χ1v) is 10.6. The fourth-order valence-electron chi connectivity index (χ4n) is 3.34. The Labute approximate surface area is 153 Å². The highest BCUT2D eigenvalue weighted by atomic mass is 32.2. The summed E-state index contributed by atoms with van der Waals surface area (Å²) in [6.07, 6.45) is 5.51. The minimum absolute atomic E-state index is 0.240. The number of hydrogen-bond donors (Lipinski definition) is 0. The summed E-state index contributed by atoms with van der Waals surface area (Å²) in [5.41, 5.74) is 1.04.